The minimum absolute atomic E-state index is 0.190. The third-order valence-corrected chi connectivity index (χ3v) is 3.59. The first-order valence-corrected chi connectivity index (χ1v) is 7.59. The highest BCUT2D eigenvalue weighted by Crippen LogP contribution is 2.25. The van der Waals surface area contributed by atoms with E-state index in [4.69, 9.17) is 5.73 Å². The van der Waals surface area contributed by atoms with Crippen molar-refractivity contribution in [3.8, 4) is 0 Å². The standard InChI is InChI=1S/C15H26BrN3/c1-12(17)10-13-6-7-14(16)11-15(13)19(4)9-5-8-18(2)3/h6-7,11-12H,5,8-10,17H2,1-4H3. The fourth-order valence-electron chi connectivity index (χ4n) is 2.16. The van der Waals surface area contributed by atoms with Crippen LogP contribution in [0.1, 0.15) is 18.9 Å². The van der Waals surface area contributed by atoms with Gasteiger partial charge in [0.05, 0.1) is 0 Å². The molecule has 0 spiro atoms. The Hall–Kier alpha value is -0.580. The monoisotopic (exact) mass is 327 g/mol. The summed E-state index contributed by atoms with van der Waals surface area (Å²) in [5.41, 5.74) is 8.54. The van der Waals surface area contributed by atoms with Crippen molar-refractivity contribution in [2.24, 2.45) is 5.73 Å². The molecule has 0 heterocycles. The molecule has 0 saturated heterocycles. The summed E-state index contributed by atoms with van der Waals surface area (Å²) in [4.78, 5) is 4.55. The first kappa shape index (κ1) is 16.5. The molecule has 1 aromatic carbocycles. The average Bonchev–Trinajstić information content (AvgIpc) is 2.30. The Labute approximate surface area is 125 Å². The average molecular weight is 328 g/mol. The lowest BCUT2D eigenvalue weighted by molar-refractivity contribution is 0.401. The highest BCUT2D eigenvalue weighted by molar-refractivity contribution is 9.10. The Balaban J connectivity index is 2.75. The summed E-state index contributed by atoms with van der Waals surface area (Å²) in [5.74, 6) is 0. The minimum atomic E-state index is 0.190. The summed E-state index contributed by atoms with van der Waals surface area (Å²) >= 11 is 3.56. The second-order valence-electron chi connectivity index (χ2n) is 5.53. The van der Waals surface area contributed by atoms with Crippen LogP contribution in [0, 0.1) is 0 Å². The van der Waals surface area contributed by atoms with E-state index < -0.39 is 0 Å². The molecular formula is C15H26BrN3. The summed E-state index contributed by atoms with van der Waals surface area (Å²) < 4.78 is 1.12. The number of rotatable bonds is 7. The molecule has 0 saturated carbocycles. The summed E-state index contributed by atoms with van der Waals surface area (Å²) in [5, 5.41) is 0. The zero-order valence-electron chi connectivity index (χ0n) is 12.5. The van der Waals surface area contributed by atoms with Crippen LogP contribution in [0.15, 0.2) is 22.7 Å². The molecule has 0 fully saturated rings. The van der Waals surface area contributed by atoms with Gasteiger partial charge in [-0.3, -0.25) is 0 Å². The summed E-state index contributed by atoms with van der Waals surface area (Å²) in [6.07, 6.45) is 2.08. The van der Waals surface area contributed by atoms with Crippen molar-refractivity contribution < 1.29 is 0 Å². The number of benzene rings is 1. The van der Waals surface area contributed by atoms with Crippen molar-refractivity contribution in [2.45, 2.75) is 25.8 Å². The molecule has 2 N–H and O–H groups in total. The van der Waals surface area contributed by atoms with Crippen LogP contribution < -0.4 is 10.6 Å². The number of nitrogens with two attached hydrogens (primary N) is 1. The molecule has 4 heteroatoms. The first-order chi connectivity index (χ1) is 8.90. The molecule has 0 amide bonds. The molecule has 0 radical (unpaired) electrons. The van der Waals surface area contributed by atoms with Crippen LogP contribution in [0.5, 0.6) is 0 Å². The SMILES string of the molecule is CC(N)Cc1ccc(Br)cc1N(C)CCCN(C)C. The van der Waals surface area contributed by atoms with E-state index in [0.717, 1.165) is 30.4 Å². The topological polar surface area (TPSA) is 32.5 Å². The van der Waals surface area contributed by atoms with Gasteiger partial charge in [-0.25, -0.2) is 0 Å². The molecule has 0 aromatic heterocycles. The van der Waals surface area contributed by atoms with Gasteiger partial charge < -0.3 is 15.5 Å². The molecule has 0 aliphatic carbocycles. The summed E-state index contributed by atoms with van der Waals surface area (Å²) in [7, 11) is 6.38. The van der Waals surface area contributed by atoms with E-state index in [1.165, 1.54) is 11.3 Å². The van der Waals surface area contributed by atoms with Crippen molar-refractivity contribution in [3.05, 3.63) is 28.2 Å². The van der Waals surface area contributed by atoms with Crippen molar-refractivity contribution in [3.63, 3.8) is 0 Å². The zero-order chi connectivity index (χ0) is 14.4. The Morgan fingerprint density at radius 3 is 2.47 bits per heavy atom. The van der Waals surface area contributed by atoms with Crippen LogP contribution in [0.2, 0.25) is 0 Å². The molecule has 1 unspecified atom stereocenters. The fourth-order valence-corrected chi connectivity index (χ4v) is 2.51. The van der Waals surface area contributed by atoms with E-state index >= 15 is 0 Å². The number of halogens is 1. The zero-order valence-corrected chi connectivity index (χ0v) is 14.1. The lowest BCUT2D eigenvalue weighted by Gasteiger charge is -2.24. The highest BCUT2D eigenvalue weighted by atomic mass is 79.9. The van der Waals surface area contributed by atoms with Gasteiger partial charge in [0.2, 0.25) is 0 Å². The van der Waals surface area contributed by atoms with Crippen molar-refractivity contribution in [1.29, 1.82) is 0 Å². The van der Waals surface area contributed by atoms with Crippen LogP contribution in [0.4, 0.5) is 5.69 Å². The van der Waals surface area contributed by atoms with E-state index in [0.29, 0.717) is 0 Å². The van der Waals surface area contributed by atoms with Crippen molar-refractivity contribution >= 4 is 21.6 Å². The molecule has 0 bridgehead atoms. The van der Waals surface area contributed by atoms with Gasteiger partial charge >= 0.3 is 0 Å². The molecule has 1 aromatic rings. The van der Waals surface area contributed by atoms with E-state index in [1.54, 1.807) is 0 Å². The lowest BCUT2D eigenvalue weighted by Crippen LogP contribution is -2.25. The van der Waals surface area contributed by atoms with Crippen LogP contribution in [0.25, 0.3) is 0 Å². The van der Waals surface area contributed by atoms with Crippen molar-refractivity contribution in [2.75, 3.05) is 39.1 Å². The smallest absolute Gasteiger partial charge is 0.0408 e. The van der Waals surface area contributed by atoms with Gasteiger partial charge in [-0.1, -0.05) is 22.0 Å². The van der Waals surface area contributed by atoms with E-state index in [2.05, 4.69) is 72.0 Å². The van der Waals surface area contributed by atoms with Gasteiger partial charge in [0.25, 0.3) is 0 Å². The molecule has 0 aliphatic heterocycles. The molecule has 3 nitrogen and oxygen atoms in total. The van der Waals surface area contributed by atoms with Crippen LogP contribution in [-0.4, -0.2) is 45.2 Å². The van der Waals surface area contributed by atoms with E-state index in [1.807, 2.05) is 0 Å². The van der Waals surface area contributed by atoms with Crippen LogP contribution in [0.3, 0.4) is 0 Å². The minimum Gasteiger partial charge on any atom is -0.374 e. The normalized spacial score (nSPS) is 12.8. The van der Waals surface area contributed by atoms with Crippen LogP contribution in [-0.2, 0) is 6.42 Å². The maximum Gasteiger partial charge on any atom is 0.0408 e. The van der Waals surface area contributed by atoms with E-state index in [-0.39, 0.29) is 6.04 Å². The summed E-state index contributed by atoms with van der Waals surface area (Å²) in [6, 6.07) is 6.64. The second kappa shape index (κ2) is 7.88. The van der Waals surface area contributed by atoms with Gasteiger partial charge in [-0.15, -0.1) is 0 Å². The highest BCUT2D eigenvalue weighted by Gasteiger charge is 2.10. The second-order valence-corrected chi connectivity index (χ2v) is 6.45. The summed E-state index contributed by atoms with van der Waals surface area (Å²) in [6.45, 7) is 4.22. The molecule has 1 atom stereocenters. The maximum absolute atomic E-state index is 5.93. The quantitative estimate of drug-likeness (QED) is 0.835. The van der Waals surface area contributed by atoms with E-state index in [9.17, 15) is 0 Å². The maximum atomic E-state index is 5.93. The molecule has 19 heavy (non-hydrogen) atoms. The Morgan fingerprint density at radius 2 is 1.89 bits per heavy atom. The Morgan fingerprint density at radius 1 is 1.21 bits per heavy atom. The first-order valence-electron chi connectivity index (χ1n) is 6.80. The third kappa shape index (κ3) is 5.93. The van der Waals surface area contributed by atoms with Gasteiger partial charge in [-0.2, -0.15) is 0 Å². The van der Waals surface area contributed by atoms with Crippen molar-refractivity contribution in [1.82, 2.24) is 4.90 Å². The van der Waals surface area contributed by atoms with Crippen LogP contribution >= 0.6 is 15.9 Å². The Bertz CT molecular complexity index is 391. The number of nitrogens with zero attached hydrogens (tertiary/aromatic N) is 2. The van der Waals surface area contributed by atoms with Gasteiger partial charge in [0.1, 0.15) is 0 Å². The van der Waals surface area contributed by atoms with Gasteiger partial charge in [-0.05, 0) is 58.1 Å². The lowest BCUT2D eigenvalue weighted by atomic mass is 10.0. The van der Waals surface area contributed by atoms with Gasteiger partial charge in [0, 0.05) is 29.8 Å². The predicted octanol–water partition coefficient (Wildman–Crippen LogP) is 2.73. The number of anilines is 1. The molecule has 108 valence electrons. The Kier molecular flexibility index (Phi) is 6.83. The number of hydrogen-bond acceptors (Lipinski definition) is 3. The molecular weight excluding hydrogens is 302 g/mol. The van der Waals surface area contributed by atoms with Gasteiger partial charge in [0.15, 0.2) is 0 Å². The third-order valence-electron chi connectivity index (χ3n) is 3.10. The largest absolute Gasteiger partial charge is 0.374 e. The molecule has 1 rings (SSSR count). The molecule has 0 aliphatic rings. The number of hydrogen-bond donors (Lipinski definition) is 1. The fraction of sp³-hybridized carbons (Fsp3) is 0.600. The predicted molar refractivity (Wildman–Crippen MR) is 87.9 cm³/mol.